The SMILES string of the molecule is CCc1cc(CCl)cc(C(=O)OC)c1C#N. The van der Waals surface area contributed by atoms with Crippen LogP contribution in [0.5, 0.6) is 0 Å². The third-order valence-corrected chi connectivity index (χ3v) is 2.64. The number of hydrogen-bond acceptors (Lipinski definition) is 3. The van der Waals surface area contributed by atoms with Crippen molar-refractivity contribution in [2.45, 2.75) is 19.2 Å². The normalized spacial score (nSPS) is 9.62. The molecule has 0 aliphatic heterocycles. The van der Waals surface area contributed by atoms with E-state index in [0.717, 1.165) is 11.1 Å². The van der Waals surface area contributed by atoms with E-state index in [0.29, 0.717) is 23.4 Å². The Labute approximate surface area is 99.6 Å². The smallest absolute Gasteiger partial charge is 0.339 e. The molecule has 0 spiro atoms. The lowest BCUT2D eigenvalue weighted by Crippen LogP contribution is -2.07. The number of nitriles is 1. The molecule has 0 atom stereocenters. The van der Waals surface area contributed by atoms with Crippen molar-refractivity contribution in [2.75, 3.05) is 7.11 Å². The van der Waals surface area contributed by atoms with Gasteiger partial charge in [0.25, 0.3) is 0 Å². The van der Waals surface area contributed by atoms with E-state index in [1.54, 1.807) is 6.07 Å². The quantitative estimate of drug-likeness (QED) is 0.600. The fraction of sp³-hybridized carbons (Fsp3) is 0.333. The van der Waals surface area contributed by atoms with Gasteiger partial charge in [-0.15, -0.1) is 11.6 Å². The minimum Gasteiger partial charge on any atom is -0.465 e. The summed E-state index contributed by atoms with van der Waals surface area (Å²) in [5.74, 6) is -0.193. The maximum absolute atomic E-state index is 11.5. The number of carbonyl (C=O) groups excluding carboxylic acids is 1. The van der Waals surface area contributed by atoms with Crippen LogP contribution in [0.15, 0.2) is 12.1 Å². The van der Waals surface area contributed by atoms with Crippen molar-refractivity contribution in [3.63, 3.8) is 0 Å². The Bertz CT molecular complexity index is 449. The molecule has 4 heteroatoms. The van der Waals surface area contributed by atoms with Gasteiger partial charge in [0, 0.05) is 5.88 Å². The number of methoxy groups -OCH3 is 1. The Morgan fingerprint density at radius 3 is 2.69 bits per heavy atom. The standard InChI is InChI=1S/C12H12ClNO2/c1-3-9-4-8(6-13)5-10(11(9)7-14)12(15)16-2/h4-5H,3,6H2,1-2H3. The zero-order valence-corrected chi connectivity index (χ0v) is 9.97. The molecular formula is C12H12ClNO2. The highest BCUT2D eigenvalue weighted by molar-refractivity contribution is 6.17. The van der Waals surface area contributed by atoms with E-state index >= 15 is 0 Å². The minimum atomic E-state index is -0.502. The van der Waals surface area contributed by atoms with Crippen LogP contribution in [0, 0.1) is 11.3 Å². The number of nitrogens with zero attached hydrogens (tertiary/aromatic N) is 1. The van der Waals surface area contributed by atoms with E-state index in [4.69, 9.17) is 16.9 Å². The highest BCUT2D eigenvalue weighted by atomic mass is 35.5. The summed E-state index contributed by atoms with van der Waals surface area (Å²) in [4.78, 5) is 11.5. The molecule has 0 saturated heterocycles. The molecule has 0 saturated carbocycles. The molecular weight excluding hydrogens is 226 g/mol. The van der Waals surface area contributed by atoms with E-state index < -0.39 is 5.97 Å². The van der Waals surface area contributed by atoms with Crippen molar-refractivity contribution in [3.8, 4) is 6.07 Å². The molecule has 1 aromatic rings. The first-order chi connectivity index (χ1) is 7.67. The van der Waals surface area contributed by atoms with E-state index in [2.05, 4.69) is 4.74 Å². The molecule has 3 nitrogen and oxygen atoms in total. The second-order valence-corrected chi connectivity index (χ2v) is 3.54. The second kappa shape index (κ2) is 5.53. The van der Waals surface area contributed by atoms with Crippen molar-refractivity contribution in [3.05, 3.63) is 34.4 Å². The fourth-order valence-corrected chi connectivity index (χ4v) is 1.68. The average Bonchev–Trinajstić information content (AvgIpc) is 2.35. The molecule has 0 fully saturated rings. The molecule has 0 aliphatic carbocycles. The molecule has 84 valence electrons. The van der Waals surface area contributed by atoms with Gasteiger partial charge in [0.2, 0.25) is 0 Å². The van der Waals surface area contributed by atoms with Crippen molar-refractivity contribution < 1.29 is 9.53 Å². The Balaban J connectivity index is 3.44. The number of halogens is 1. The number of hydrogen-bond donors (Lipinski definition) is 0. The zero-order valence-electron chi connectivity index (χ0n) is 9.21. The minimum absolute atomic E-state index is 0.292. The zero-order chi connectivity index (χ0) is 12.1. The summed E-state index contributed by atoms with van der Waals surface area (Å²) in [6.45, 7) is 1.93. The molecule has 0 bridgehead atoms. The number of aryl methyl sites for hydroxylation is 1. The van der Waals surface area contributed by atoms with E-state index in [1.807, 2.05) is 19.1 Å². The lowest BCUT2D eigenvalue weighted by atomic mass is 9.97. The molecule has 0 radical (unpaired) electrons. The van der Waals surface area contributed by atoms with E-state index in [-0.39, 0.29) is 0 Å². The van der Waals surface area contributed by atoms with Gasteiger partial charge in [0.1, 0.15) is 6.07 Å². The maximum Gasteiger partial charge on any atom is 0.339 e. The Morgan fingerprint density at radius 2 is 2.25 bits per heavy atom. The maximum atomic E-state index is 11.5. The third-order valence-electron chi connectivity index (χ3n) is 2.33. The summed E-state index contributed by atoms with van der Waals surface area (Å²) in [6, 6.07) is 5.49. The highest BCUT2D eigenvalue weighted by Gasteiger charge is 2.16. The van der Waals surface area contributed by atoms with Gasteiger partial charge in [-0.05, 0) is 23.6 Å². The Morgan fingerprint density at radius 1 is 1.56 bits per heavy atom. The first-order valence-corrected chi connectivity index (χ1v) is 5.41. The predicted octanol–water partition coefficient (Wildman–Crippen LogP) is 2.65. The average molecular weight is 238 g/mol. The largest absolute Gasteiger partial charge is 0.465 e. The summed E-state index contributed by atoms with van der Waals surface area (Å²) in [7, 11) is 1.29. The van der Waals surface area contributed by atoms with Crippen LogP contribution in [0.2, 0.25) is 0 Å². The molecule has 0 unspecified atom stereocenters. The lowest BCUT2D eigenvalue weighted by molar-refractivity contribution is 0.0600. The molecule has 16 heavy (non-hydrogen) atoms. The summed E-state index contributed by atoms with van der Waals surface area (Å²) in [5.41, 5.74) is 2.31. The van der Waals surface area contributed by atoms with Crippen LogP contribution in [-0.2, 0) is 17.0 Å². The van der Waals surface area contributed by atoms with Gasteiger partial charge in [0.05, 0.1) is 18.2 Å². The topological polar surface area (TPSA) is 50.1 Å². The van der Waals surface area contributed by atoms with Crippen LogP contribution in [0.1, 0.15) is 34.0 Å². The number of carbonyl (C=O) groups is 1. The molecule has 1 aromatic carbocycles. The van der Waals surface area contributed by atoms with Gasteiger partial charge in [-0.1, -0.05) is 13.0 Å². The van der Waals surface area contributed by atoms with Crippen molar-refractivity contribution in [1.29, 1.82) is 5.26 Å². The van der Waals surface area contributed by atoms with Crippen molar-refractivity contribution >= 4 is 17.6 Å². The van der Waals surface area contributed by atoms with E-state index in [9.17, 15) is 4.79 Å². The van der Waals surface area contributed by atoms with Gasteiger partial charge in [-0.2, -0.15) is 5.26 Å². The summed E-state index contributed by atoms with van der Waals surface area (Å²) >= 11 is 5.74. The molecule has 1 rings (SSSR count). The van der Waals surface area contributed by atoms with Crippen molar-refractivity contribution in [2.24, 2.45) is 0 Å². The van der Waals surface area contributed by atoms with E-state index in [1.165, 1.54) is 7.11 Å². The van der Waals surface area contributed by atoms with Crippen LogP contribution in [-0.4, -0.2) is 13.1 Å². The second-order valence-electron chi connectivity index (χ2n) is 3.27. The Kier molecular flexibility index (Phi) is 4.33. The van der Waals surface area contributed by atoms with Gasteiger partial charge >= 0.3 is 5.97 Å². The molecule has 0 aromatic heterocycles. The molecule has 0 amide bonds. The number of rotatable bonds is 3. The first kappa shape index (κ1) is 12.5. The number of ether oxygens (including phenoxy) is 1. The summed E-state index contributed by atoms with van der Waals surface area (Å²) < 4.78 is 4.64. The molecule has 0 heterocycles. The monoisotopic (exact) mass is 237 g/mol. The number of esters is 1. The van der Waals surface area contributed by atoms with Crippen LogP contribution < -0.4 is 0 Å². The molecule has 0 aliphatic rings. The van der Waals surface area contributed by atoms with Crippen LogP contribution >= 0.6 is 11.6 Å². The highest BCUT2D eigenvalue weighted by Crippen LogP contribution is 2.20. The first-order valence-electron chi connectivity index (χ1n) is 4.88. The number of benzene rings is 1. The van der Waals surface area contributed by atoms with Gasteiger partial charge < -0.3 is 4.74 Å². The van der Waals surface area contributed by atoms with Gasteiger partial charge in [0.15, 0.2) is 0 Å². The van der Waals surface area contributed by atoms with Crippen LogP contribution in [0.4, 0.5) is 0 Å². The van der Waals surface area contributed by atoms with Gasteiger partial charge in [-0.25, -0.2) is 4.79 Å². The molecule has 0 N–H and O–H groups in total. The lowest BCUT2D eigenvalue weighted by Gasteiger charge is -2.08. The summed E-state index contributed by atoms with van der Waals surface area (Å²) in [6.07, 6.45) is 0.678. The van der Waals surface area contributed by atoms with Crippen LogP contribution in [0.3, 0.4) is 0 Å². The van der Waals surface area contributed by atoms with Crippen LogP contribution in [0.25, 0.3) is 0 Å². The van der Waals surface area contributed by atoms with Crippen molar-refractivity contribution in [1.82, 2.24) is 0 Å². The Hall–Kier alpha value is -1.53. The fourth-order valence-electron chi connectivity index (χ4n) is 1.53. The third kappa shape index (κ3) is 2.34. The van der Waals surface area contributed by atoms with Gasteiger partial charge in [-0.3, -0.25) is 0 Å². The number of alkyl halides is 1. The summed E-state index contributed by atoms with van der Waals surface area (Å²) in [5, 5.41) is 9.05. The predicted molar refractivity (Wildman–Crippen MR) is 61.4 cm³/mol.